The summed E-state index contributed by atoms with van der Waals surface area (Å²) >= 11 is 0. The minimum atomic E-state index is -5.45. The smallest absolute Gasteiger partial charge is 0.462 e. The highest BCUT2D eigenvalue weighted by atomic mass is 31.3. The third-order valence-corrected chi connectivity index (χ3v) is 13.5. The number of unbranched alkanes of at least 4 members (excludes halogenated alkanes) is 12. The molecule has 1 fully saturated rings. The number of phosphoric acid groups is 2. The minimum Gasteiger partial charge on any atom is -0.462 e. The van der Waals surface area contributed by atoms with Crippen molar-refractivity contribution in [1.82, 2.24) is 9.55 Å². The largest absolute Gasteiger partial charge is 0.481 e. The van der Waals surface area contributed by atoms with Gasteiger partial charge >= 0.3 is 33.3 Å². The number of carbonyl (C=O) groups is 2. The number of anilines is 1. The lowest BCUT2D eigenvalue weighted by atomic mass is 10.0. The summed E-state index contributed by atoms with van der Waals surface area (Å²) in [5.41, 5.74) is 4.57. The lowest BCUT2D eigenvalue weighted by Gasteiger charge is -2.21. The molecule has 2 rings (SSSR count). The highest BCUT2D eigenvalue weighted by Gasteiger charge is 2.46. The average molecular weight is 1040 g/mol. The lowest BCUT2D eigenvalue weighted by molar-refractivity contribution is -0.161. The predicted molar refractivity (Wildman–Crippen MR) is 271 cm³/mol. The van der Waals surface area contributed by atoms with E-state index >= 15 is 0 Å². The normalized spacial score (nSPS) is 20.2. The second-order valence-corrected chi connectivity index (χ2v) is 20.2. The molecule has 0 aliphatic carbocycles. The fraction of sp³-hybridized carbons (Fsp3) is 0.640. The van der Waals surface area contributed by atoms with E-state index in [1.165, 1.54) is 57.4 Å². The number of nitrogens with two attached hydrogens (primary N) is 1. The van der Waals surface area contributed by atoms with Crippen molar-refractivity contribution in [1.29, 1.82) is 0 Å². The maximum atomic E-state index is 12.8. The van der Waals surface area contributed by atoms with Crippen LogP contribution in [-0.2, 0) is 46.3 Å². The zero-order valence-corrected chi connectivity index (χ0v) is 43.4. The van der Waals surface area contributed by atoms with Crippen molar-refractivity contribution in [2.45, 2.75) is 185 Å². The van der Waals surface area contributed by atoms with E-state index in [9.17, 15) is 48.6 Å². The Morgan fingerprint density at radius 1 is 0.761 bits per heavy atom. The molecular weight excluding hydrogens is 961 g/mol. The molecule has 0 aromatic carbocycles. The molecule has 1 saturated heterocycles. The van der Waals surface area contributed by atoms with Gasteiger partial charge in [0.1, 0.15) is 30.7 Å². The molecule has 21 heteroatoms. The van der Waals surface area contributed by atoms with Crippen LogP contribution >= 0.6 is 15.6 Å². The Bertz CT molecular complexity index is 1990. The Hall–Kier alpha value is -3.84. The van der Waals surface area contributed by atoms with E-state index in [4.69, 9.17) is 29.0 Å². The molecule has 1 aliphatic heterocycles. The molecule has 402 valence electrons. The first-order valence-electron chi connectivity index (χ1n) is 25.1. The monoisotopic (exact) mass is 1040 g/mol. The van der Waals surface area contributed by atoms with Crippen LogP contribution in [0.5, 0.6) is 0 Å². The Morgan fingerprint density at radius 2 is 1.35 bits per heavy atom. The van der Waals surface area contributed by atoms with Gasteiger partial charge < -0.3 is 45.1 Å². The lowest BCUT2D eigenvalue weighted by Crippen LogP contribution is -2.36. The number of carbonyl (C=O) groups excluding carboxylic acids is 2. The first-order valence-corrected chi connectivity index (χ1v) is 28.0. The van der Waals surface area contributed by atoms with E-state index < -0.39 is 89.8 Å². The minimum absolute atomic E-state index is 0.0999. The van der Waals surface area contributed by atoms with Gasteiger partial charge in [-0.3, -0.25) is 23.2 Å². The Balaban J connectivity index is 1.86. The first-order chi connectivity index (χ1) is 34.1. The van der Waals surface area contributed by atoms with Crippen molar-refractivity contribution in [3.05, 3.63) is 95.7 Å². The molecule has 19 nitrogen and oxygen atoms in total. The van der Waals surface area contributed by atoms with Gasteiger partial charge in [0.2, 0.25) is 0 Å². The summed E-state index contributed by atoms with van der Waals surface area (Å²) in [6.07, 6.45) is 34.6. The number of aliphatic hydroxyl groups excluding tert-OH is 3. The molecule has 0 amide bonds. The zero-order chi connectivity index (χ0) is 52.2. The quantitative estimate of drug-likeness (QED) is 0.0117. The number of nitrogen functional groups attached to an aromatic ring is 1. The second kappa shape index (κ2) is 37.8. The highest BCUT2D eigenvalue weighted by Crippen LogP contribution is 2.60. The number of aliphatic hydroxyl groups is 3. The molecule has 8 atom stereocenters. The molecule has 71 heavy (non-hydrogen) atoms. The first kappa shape index (κ1) is 63.3. The summed E-state index contributed by atoms with van der Waals surface area (Å²) < 4.78 is 56.6. The van der Waals surface area contributed by atoms with Crippen molar-refractivity contribution in [3.8, 4) is 0 Å². The summed E-state index contributed by atoms with van der Waals surface area (Å²) in [4.78, 5) is 61.8. The van der Waals surface area contributed by atoms with Crippen molar-refractivity contribution < 1.29 is 71.4 Å². The topological polar surface area (TPSA) is 286 Å². The van der Waals surface area contributed by atoms with Gasteiger partial charge in [-0.25, -0.2) is 13.9 Å². The van der Waals surface area contributed by atoms with Gasteiger partial charge in [-0.15, -0.1) is 0 Å². The van der Waals surface area contributed by atoms with Gasteiger partial charge in [-0.1, -0.05) is 164 Å². The number of phosphoric ester groups is 2. The molecule has 2 heterocycles. The molecule has 3 unspecified atom stereocenters. The number of aromatic nitrogens is 2. The maximum absolute atomic E-state index is 12.8. The summed E-state index contributed by atoms with van der Waals surface area (Å²) in [5.74, 6) is -1.43. The van der Waals surface area contributed by atoms with E-state index in [0.29, 0.717) is 25.7 Å². The molecule has 1 aromatic rings. The van der Waals surface area contributed by atoms with Crippen molar-refractivity contribution in [2.24, 2.45) is 0 Å². The molecule has 1 aromatic heterocycles. The number of hydrogen-bond donors (Lipinski definition) is 6. The summed E-state index contributed by atoms with van der Waals surface area (Å²) in [7, 11) is -10.9. The van der Waals surface area contributed by atoms with Gasteiger partial charge in [-0.05, 0) is 51.0 Å². The highest BCUT2D eigenvalue weighted by molar-refractivity contribution is 7.61. The fourth-order valence-corrected chi connectivity index (χ4v) is 9.12. The molecule has 1 aliphatic rings. The molecule has 7 N–H and O–H groups in total. The third-order valence-electron chi connectivity index (χ3n) is 10.9. The summed E-state index contributed by atoms with van der Waals surface area (Å²) in [5, 5.41) is 30.9. The zero-order valence-electron chi connectivity index (χ0n) is 41.6. The SMILES string of the molecule is CC/C=C\C/C=C\CC(O)/C=C/C=C\C/C=C\C/C=C\CCC(=O)O[C@H](COC(=O)CCCCCCCCCCCCCCC)COP(=O)(O)OP(=O)(O)OC[C@H]1O[C@@H](n2ccc(N)nc2=O)[C@H](O)[C@@H]1O. The number of ether oxygens (including phenoxy) is 3. The molecule has 0 radical (unpaired) electrons. The van der Waals surface area contributed by atoms with Crippen LogP contribution in [0.2, 0.25) is 0 Å². The molecule has 0 spiro atoms. The van der Waals surface area contributed by atoms with Crippen LogP contribution in [0.1, 0.15) is 155 Å². The Morgan fingerprint density at radius 3 is 2.00 bits per heavy atom. The van der Waals surface area contributed by atoms with Crippen LogP contribution in [-0.4, -0.2) is 96.9 Å². The van der Waals surface area contributed by atoms with E-state index in [1.54, 1.807) is 12.2 Å². The standard InChI is InChI=1S/C50H81N3O16P2/c1-3-5-7-9-11-12-13-14-15-19-22-26-30-34-45(55)64-38-42(67-46(56)35-31-27-23-20-17-16-18-21-25-29-33-41(54)32-28-24-10-8-6-4-2)39-65-70(60,61)69-71(62,63)66-40-43-47(57)48(58)49(68-43)53-37-36-44(51)52-50(53)59/h6,8,16-17,21,23-25,27-29,33,36-37,41-43,47-49,54,57-58H,3-5,7,9-15,18-20,22,26,30-32,34-35,38-40H2,1-2H3,(H,60,61)(H,62,63)(H2,51,52,59)/b8-6-,17-16-,25-21-,27-23-,28-24-,33-29+/t41?,42-,43-,47-,48-,49-/m1/s1. The fourth-order valence-electron chi connectivity index (χ4n) is 7.01. The van der Waals surface area contributed by atoms with Crippen LogP contribution in [0.3, 0.4) is 0 Å². The average Bonchev–Trinajstić information content (AvgIpc) is 3.60. The summed E-state index contributed by atoms with van der Waals surface area (Å²) in [6, 6.07) is 1.24. The van der Waals surface area contributed by atoms with Gasteiger partial charge in [0, 0.05) is 19.0 Å². The van der Waals surface area contributed by atoms with Crippen molar-refractivity contribution in [3.63, 3.8) is 0 Å². The van der Waals surface area contributed by atoms with Gasteiger partial charge in [0.05, 0.1) is 19.3 Å². The Labute approximate surface area is 419 Å². The molecule has 0 bridgehead atoms. The molecule has 0 saturated carbocycles. The molecular formula is C50H81N3O16P2. The van der Waals surface area contributed by atoms with Crippen LogP contribution < -0.4 is 11.4 Å². The predicted octanol–water partition coefficient (Wildman–Crippen LogP) is 9.08. The van der Waals surface area contributed by atoms with E-state index in [1.807, 2.05) is 48.6 Å². The third kappa shape index (κ3) is 30.7. The number of rotatable bonds is 40. The van der Waals surface area contributed by atoms with E-state index in [2.05, 4.69) is 35.3 Å². The van der Waals surface area contributed by atoms with Crippen LogP contribution in [0.25, 0.3) is 0 Å². The number of allylic oxidation sites excluding steroid dienone is 10. The van der Waals surface area contributed by atoms with E-state index in [-0.39, 0.29) is 25.1 Å². The second-order valence-electron chi connectivity index (χ2n) is 17.1. The van der Waals surface area contributed by atoms with Gasteiger partial charge in [0.25, 0.3) is 0 Å². The van der Waals surface area contributed by atoms with Crippen LogP contribution in [0, 0.1) is 0 Å². The number of hydrogen-bond acceptors (Lipinski definition) is 16. The number of nitrogens with zero attached hydrogens (tertiary/aromatic N) is 2. The van der Waals surface area contributed by atoms with Gasteiger partial charge in [0.15, 0.2) is 12.3 Å². The van der Waals surface area contributed by atoms with Crippen molar-refractivity contribution >= 4 is 33.4 Å². The van der Waals surface area contributed by atoms with Crippen LogP contribution in [0.4, 0.5) is 5.82 Å². The van der Waals surface area contributed by atoms with E-state index in [0.717, 1.165) is 49.3 Å². The van der Waals surface area contributed by atoms with Gasteiger partial charge in [-0.2, -0.15) is 9.29 Å². The van der Waals surface area contributed by atoms with Crippen LogP contribution in [0.15, 0.2) is 90.0 Å². The summed E-state index contributed by atoms with van der Waals surface area (Å²) in [6.45, 7) is 1.89. The Kier molecular flexibility index (Phi) is 33.7. The maximum Gasteiger partial charge on any atom is 0.481 e. The van der Waals surface area contributed by atoms with Crippen molar-refractivity contribution in [2.75, 3.05) is 25.6 Å². The number of esters is 2.